The number of sulfonamides is 1. The van der Waals surface area contributed by atoms with Crippen LogP contribution in [0.15, 0.2) is 42.5 Å². The fraction of sp³-hybridized carbons (Fsp3) is 0.538. The van der Waals surface area contributed by atoms with Crippen molar-refractivity contribution in [1.29, 1.82) is 0 Å². The standard InChI is InChI=1S/C26H36F3N5O3S/c1-17-12-20(17)16-31-23-14-19(15-24(33-23)34(2)38(3,36)37)25(35)32-22(13-18-8-5-4-6-9-18)21(30)10-7-11-26(27,28)29/h4-6,8-9,14-15,17,20-22H,7,10-13,16,30H2,1-3H3,(H,31,33)(H,32,35). The maximum atomic E-state index is 13.4. The minimum atomic E-state index is -4.28. The molecule has 38 heavy (non-hydrogen) atoms. The van der Waals surface area contributed by atoms with E-state index in [0.29, 0.717) is 30.6 Å². The predicted octanol–water partition coefficient (Wildman–Crippen LogP) is 3.95. The zero-order valence-corrected chi connectivity index (χ0v) is 22.6. The zero-order chi connectivity index (χ0) is 28.1. The molecule has 4 atom stereocenters. The first kappa shape index (κ1) is 29.7. The number of halogens is 3. The highest BCUT2D eigenvalue weighted by atomic mass is 32.2. The Hall–Kier alpha value is -2.86. The molecular weight excluding hydrogens is 519 g/mol. The van der Waals surface area contributed by atoms with Crippen molar-refractivity contribution in [2.75, 3.05) is 29.5 Å². The quantitative estimate of drug-likeness (QED) is 0.345. The highest BCUT2D eigenvalue weighted by molar-refractivity contribution is 7.92. The summed E-state index contributed by atoms with van der Waals surface area (Å²) in [6, 6.07) is 10.8. The van der Waals surface area contributed by atoms with E-state index in [1.165, 1.54) is 19.2 Å². The molecule has 1 aromatic heterocycles. The Bertz CT molecular complexity index is 1190. The van der Waals surface area contributed by atoms with Crippen LogP contribution in [0.4, 0.5) is 24.8 Å². The number of nitrogens with one attached hydrogen (secondary N) is 2. The van der Waals surface area contributed by atoms with Crippen LogP contribution < -0.4 is 20.7 Å². The van der Waals surface area contributed by atoms with Gasteiger partial charge in [0.05, 0.1) is 6.26 Å². The summed E-state index contributed by atoms with van der Waals surface area (Å²) in [5, 5.41) is 6.07. The van der Waals surface area contributed by atoms with Gasteiger partial charge < -0.3 is 16.4 Å². The Kier molecular flexibility index (Phi) is 9.64. The van der Waals surface area contributed by atoms with Crippen molar-refractivity contribution in [3.05, 3.63) is 53.6 Å². The minimum Gasteiger partial charge on any atom is -0.370 e. The molecule has 12 heteroatoms. The first-order valence-electron chi connectivity index (χ1n) is 12.6. The highest BCUT2D eigenvalue weighted by Gasteiger charge is 2.32. The van der Waals surface area contributed by atoms with Crippen molar-refractivity contribution in [1.82, 2.24) is 10.3 Å². The summed E-state index contributed by atoms with van der Waals surface area (Å²) in [4.78, 5) is 17.8. The lowest BCUT2D eigenvalue weighted by Gasteiger charge is -2.26. The Labute approximate surface area is 222 Å². The van der Waals surface area contributed by atoms with Gasteiger partial charge in [0.15, 0.2) is 0 Å². The predicted molar refractivity (Wildman–Crippen MR) is 143 cm³/mol. The molecule has 0 aliphatic heterocycles. The minimum absolute atomic E-state index is 0.0700. The van der Waals surface area contributed by atoms with E-state index in [1.807, 2.05) is 30.3 Å². The lowest BCUT2D eigenvalue weighted by molar-refractivity contribution is -0.135. The number of aromatic nitrogens is 1. The summed E-state index contributed by atoms with van der Waals surface area (Å²) < 4.78 is 63.3. The summed E-state index contributed by atoms with van der Waals surface area (Å²) >= 11 is 0. The fourth-order valence-electron chi connectivity index (χ4n) is 4.16. The van der Waals surface area contributed by atoms with Gasteiger partial charge in [0, 0.05) is 37.7 Å². The Morgan fingerprint density at radius 2 is 1.89 bits per heavy atom. The van der Waals surface area contributed by atoms with Gasteiger partial charge in [0.25, 0.3) is 5.91 Å². The molecule has 2 aromatic rings. The topological polar surface area (TPSA) is 117 Å². The molecule has 1 aliphatic rings. The van der Waals surface area contributed by atoms with Gasteiger partial charge in [-0.25, -0.2) is 13.4 Å². The molecule has 1 aromatic carbocycles. The van der Waals surface area contributed by atoms with Crippen LogP contribution in [-0.4, -0.2) is 57.4 Å². The zero-order valence-electron chi connectivity index (χ0n) is 21.8. The Morgan fingerprint density at radius 1 is 1.24 bits per heavy atom. The van der Waals surface area contributed by atoms with Crippen molar-refractivity contribution in [2.45, 2.75) is 57.3 Å². The number of amides is 1. The number of nitrogens with zero attached hydrogens (tertiary/aromatic N) is 2. The number of hydrogen-bond acceptors (Lipinski definition) is 6. The summed E-state index contributed by atoms with van der Waals surface area (Å²) in [6.07, 6.45) is -2.87. The molecule has 0 spiro atoms. The molecule has 1 aliphatic carbocycles. The molecule has 0 bridgehead atoms. The molecule has 1 saturated carbocycles. The molecule has 1 fully saturated rings. The van der Waals surface area contributed by atoms with Gasteiger partial charge in [-0.3, -0.25) is 9.10 Å². The number of carbonyl (C=O) groups is 1. The second-order valence-electron chi connectivity index (χ2n) is 10.1. The van der Waals surface area contributed by atoms with E-state index in [0.717, 1.165) is 22.5 Å². The maximum absolute atomic E-state index is 13.4. The molecule has 1 heterocycles. The molecule has 0 saturated heterocycles. The molecule has 4 N–H and O–H groups in total. The fourth-order valence-corrected chi connectivity index (χ4v) is 4.59. The van der Waals surface area contributed by atoms with E-state index in [-0.39, 0.29) is 24.2 Å². The molecule has 4 unspecified atom stereocenters. The lowest BCUT2D eigenvalue weighted by Crippen LogP contribution is -2.49. The van der Waals surface area contributed by atoms with Gasteiger partial charge in [-0.1, -0.05) is 37.3 Å². The van der Waals surface area contributed by atoms with Crippen LogP contribution in [0.1, 0.15) is 48.5 Å². The smallest absolute Gasteiger partial charge is 0.370 e. The SMILES string of the molecule is CC1CC1CNc1cc(C(=O)NC(Cc2ccccc2)C(N)CCCC(F)(F)F)cc(N(C)S(C)(=O)=O)n1. The van der Waals surface area contributed by atoms with Gasteiger partial charge >= 0.3 is 6.18 Å². The first-order chi connectivity index (χ1) is 17.7. The number of carbonyl (C=O) groups excluding carboxylic acids is 1. The second kappa shape index (κ2) is 12.3. The van der Waals surface area contributed by atoms with Crippen LogP contribution in [0.25, 0.3) is 0 Å². The number of nitrogens with two attached hydrogens (primary N) is 1. The highest BCUT2D eigenvalue weighted by Crippen LogP contribution is 2.37. The number of benzene rings is 1. The van der Waals surface area contributed by atoms with Crippen molar-refractivity contribution in [2.24, 2.45) is 17.6 Å². The molecule has 0 radical (unpaired) electrons. The van der Waals surface area contributed by atoms with Crippen molar-refractivity contribution >= 4 is 27.6 Å². The van der Waals surface area contributed by atoms with E-state index in [4.69, 9.17) is 5.73 Å². The average molecular weight is 556 g/mol. The Morgan fingerprint density at radius 3 is 2.47 bits per heavy atom. The van der Waals surface area contributed by atoms with Crippen molar-refractivity contribution in [3.8, 4) is 0 Å². The number of rotatable bonds is 13. The molecule has 210 valence electrons. The number of hydrogen-bond donors (Lipinski definition) is 3. The van der Waals surface area contributed by atoms with E-state index in [1.54, 1.807) is 0 Å². The second-order valence-corrected chi connectivity index (χ2v) is 12.1. The largest absolute Gasteiger partial charge is 0.389 e. The van der Waals surface area contributed by atoms with E-state index in [9.17, 15) is 26.4 Å². The molecule has 3 rings (SSSR count). The monoisotopic (exact) mass is 555 g/mol. The van der Waals surface area contributed by atoms with Crippen molar-refractivity contribution in [3.63, 3.8) is 0 Å². The van der Waals surface area contributed by atoms with Gasteiger partial charge in [-0.15, -0.1) is 0 Å². The third-order valence-electron chi connectivity index (χ3n) is 6.85. The van der Waals surface area contributed by atoms with Crippen LogP contribution in [0.5, 0.6) is 0 Å². The Balaban J connectivity index is 1.83. The number of alkyl halides is 3. The van der Waals surface area contributed by atoms with Crippen LogP contribution in [0.3, 0.4) is 0 Å². The summed E-state index contributed by atoms with van der Waals surface area (Å²) in [5.74, 6) is 0.975. The number of pyridine rings is 1. The normalized spacial score (nSPS) is 18.9. The first-order valence-corrected chi connectivity index (χ1v) is 14.4. The summed E-state index contributed by atoms with van der Waals surface area (Å²) in [6.45, 7) is 2.78. The summed E-state index contributed by atoms with van der Waals surface area (Å²) in [5.41, 5.74) is 7.33. The van der Waals surface area contributed by atoms with Crippen LogP contribution in [0, 0.1) is 11.8 Å². The molecule has 8 nitrogen and oxygen atoms in total. The summed E-state index contributed by atoms with van der Waals surface area (Å²) in [7, 11) is -2.29. The van der Waals surface area contributed by atoms with Crippen LogP contribution in [0.2, 0.25) is 0 Å². The van der Waals surface area contributed by atoms with Gasteiger partial charge in [-0.2, -0.15) is 13.2 Å². The van der Waals surface area contributed by atoms with Crippen LogP contribution in [-0.2, 0) is 16.4 Å². The maximum Gasteiger partial charge on any atom is 0.389 e. The van der Waals surface area contributed by atoms with E-state index >= 15 is 0 Å². The van der Waals surface area contributed by atoms with Gasteiger partial charge in [0.2, 0.25) is 10.0 Å². The van der Waals surface area contributed by atoms with Crippen LogP contribution >= 0.6 is 0 Å². The molecule has 1 amide bonds. The van der Waals surface area contributed by atoms with E-state index < -0.39 is 40.6 Å². The number of anilines is 2. The van der Waals surface area contributed by atoms with E-state index in [2.05, 4.69) is 22.5 Å². The molecular formula is C26H36F3N5O3S. The van der Waals surface area contributed by atoms with Crippen molar-refractivity contribution < 1.29 is 26.4 Å². The third-order valence-corrected chi connectivity index (χ3v) is 8.03. The van der Waals surface area contributed by atoms with Gasteiger partial charge in [-0.05, 0) is 55.2 Å². The van der Waals surface area contributed by atoms with Gasteiger partial charge in [0.1, 0.15) is 11.6 Å². The lowest BCUT2D eigenvalue weighted by atomic mass is 9.95. The third kappa shape index (κ3) is 9.16. The average Bonchev–Trinajstić information content (AvgIpc) is 3.55.